The molecule has 0 radical (unpaired) electrons. The van der Waals surface area contributed by atoms with E-state index in [9.17, 15) is 8.78 Å². The fourth-order valence-electron chi connectivity index (χ4n) is 4.45. The molecule has 0 aliphatic carbocycles. The lowest BCUT2D eigenvalue weighted by atomic mass is 10.2. The highest BCUT2D eigenvalue weighted by molar-refractivity contribution is 6.03. The minimum absolute atomic E-state index is 0.112. The largest absolute Gasteiger partial charge is 0.355 e. The quantitative estimate of drug-likeness (QED) is 0.232. The van der Waals surface area contributed by atoms with Crippen molar-refractivity contribution in [1.82, 2.24) is 0 Å². The molecule has 1 aliphatic heterocycles. The summed E-state index contributed by atoms with van der Waals surface area (Å²) in [5.41, 5.74) is 6.03. The Morgan fingerprint density at radius 3 is 1.25 bits per heavy atom. The van der Waals surface area contributed by atoms with Crippen molar-refractivity contribution in [2.45, 2.75) is 27.7 Å². The molecule has 44 heavy (non-hydrogen) atoms. The van der Waals surface area contributed by atoms with Crippen LogP contribution in [0.25, 0.3) is 0 Å². The summed E-state index contributed by atoms with van der Waals surface area (Å²) in [7, 11) is 0. The highest BCUT2D eigenvalue weighted by atomic mass is 19.1. The monoisotopic (exact) mass is 588 g/mol. The van der Waals surface area contributed by atoms with Crippen molar-refractivity contribution in [2.24, 2.45) is 30.4 Å². The van der Waals surface area contributed by atoms with Crippen molar-refractivity contribution in [3.8, 4) is 0 Å². The Labute approximate surface area is 254 Å². The van der Waals surface area contributed by atoms with Crippen LogP contribution in [0.3, 0.4) is 0 Å². The Kier molecular flexibility index (Phi) is 9.19. The molecule has 0 amide bonds. The van der Waals surface area contributed by atoms with E-state index >= 15 is 0 Å². The highest BCUT2D eigenvalue weighted by Crippen LogP contribution is 2.32. The Balaban J connectivity index is 1.69. The minimum Gasteiger partial charge on any atom is -0.355 e. The van der Waals surface area contributed by atoms with Crippen LogP contribution in [-0.2, 0) is 0 Å². The number of hydrogen-bond acceptors (Lipinski definition) is 8. The SMILES string of the molecule is CC1=Nc2ccccc2N/C(C)=C(/N=Nc2ccccc2F)C(C)=Nc2ccccc2N/C(C)=C\1N=Nc1ccccc1F. The molecule has 0 atom stereocenters. The summed E-state index contributed by atoms with van der Waals surface area (Å²) in [6, 6.07) is 27.4. The van der Waals surface area contributed by atoms with E-state index in [1.165, 1.54) is 12.1 Å². The summed E-state index contributed by atoms with van der Waals surface area (Å²) in [6.07, 6.45) is 0. The average Bonchev–Trinajstić information content (AvgIpc) is 3.00. The van der Waals surface area contributed by atoms with Gasteiger partial charge in [0.2, 0.25) is 0 Å². The molecule has 0 fully saturated rings. The van der Waals surface area contributed by atoms with Crippen LogP contribution in [0.15, 0.2) is 150 Å². The minimum atomic E-state index is -0.479. The fourth-order valence-corrected chi connectivity index (χ4v) is 4.45. The molecule has 10 heteroatoms. The number of benzene rings is 4. The molecule has 8 nitrogen and oxygen atoms in total. The number of nitrogens with zero attached hydrogens (tertiary/aromatic N) is 6. The number of aliphatic imine (C=N–C) groups is 2. The number of hydrogen-bond donors (Lipinski definition) is 2. The van der Waals surface area contributed by atoms with Gasteiger partial charge in [-0.2, -0.15) is 0 Å². The third-order valence-corrected chi connectivity index (χ3v) is 6.64. The van der Waals surface area contributed by atoms with Gasteiger partial charge in [-0.3, -0.25) is 0 Å². The van der Waals surface area contributed by atoms with Gasteiger partial charge in [-0.1, -0.05) is 48.5 Å². The van der Waals surface area contributed by atoms with Gasteiger partial charge in [0.15, 0.2) is 11.6 Å². The Morgan fingerprint density at radius 1 is 0.477 bits per heavy atom. The van der Waals surface area contributed by atoms with Gasteiger partial charge < -0.3 is 10.6 Å². The molecule has 2 N–H and O–H groups in total. The van der Waals surface area contributed by atoms with Gasteiger partial charge in [-0.05, 0) is 76.2 Å². The first-order chi connectivity index (χ1) is 21.3. The van der Waals surface area contributed by atoms with Crippen molar-refractivity contribution < 1.29 is 8.78 Å². The van der Waals surface area contributed by atoms with Crippen molar-refractivity contribution >= 4 is 45.5 Å². The summed E-state index contributed by atoms with van der Waals surface area (Å²) in [5.74, 6) is -0.958. The second-order valence-electron chi connectivity index (χ2n) is 9.93. The number of nitrogens with one attached hydrogen (secondary N) is 2. The maximum absolute atomic E-state index is 14.4. The van der Waals surface area contributed by atoms with Crippen LogP contribution < -0.4 is 10.6 Å². The lowest BCUT2D eigenvalue weighted by Gasteiger charge is -2.16. The van der Waals surface area contributed by atoms with E-state index in [1.54, 1.807) is 36.4 Å². The van der Waals surface area contributed by atoms with Crippen LogP contribution in [-0.4, -0.2) is 11.4 Å². The maximum Gasteiger partial charge on any atom is 0.150 e. The fraction of sp³-hybridized carbons (Fsp3) is 0.118. The Hall–Kier alpha value is -5.64. The number of anilines is 2. The zero-order valence-corrected chi connectivity index (χ0v) is 24.7. The number of rotatable bonds is 4. The standard InChI is InChI=1S/C34H30F2N8/c1-21-33(43-41-27-15-7-5-13-25(27)35)22(2)38-31-19-11-12-20-32(31)40-24(4)34(44-42-28-16-8-6-14-26(28)36)23(3)39-30-18-10-9-17-29(30)37-21/h5-20,37,40H,1-4H3/b33-21+,34-24+,38-22?,39-23?,43-41?,44-42?. The summed E-state index contributed by atoms with van der Waals surface area (Å²) < 4.78 is 28.8. The summed E-state index contributed by atoms with van der Waals surface area (Å²) in [4.78, 5) is 9.77. The summed E-state index contributed by atoms with van der Waals surface area (Å²) >= 11 is 0. The molecule has 1 aliphatic rings. The van der Waals surface area contributed by atoms with Gasteiger partial charge >= 0.3 is 0 Å². The number of fused-ring (bicyclic) bond motifs is 2. The van der Waals surface area contributed by atoms with E-state index in [2.05, 4.69) is 31.1 Å². The molecule has 5 rings (SSSR count). The third kappa shape index (κ3) is 7.04. The molecular weight excluding hydrogens is 558 g/mol. The van der Waals surface area contributed by atoms with Crippen LogP contribution in [0.5, 0.6) is 0 Å². The first-order valence-corrected chi connectivity index (χ1v) is 13.9. The molecule has 4 aromatic rings. The molecule has 0 saturated heterocycles. The second-order valence-corrected chi connectivity index (χ2v) is 9.93. The second kappa shape index (κ2) is 13.6. The summed E-state index contributed by atoms with van der Waals surface area (Å²) in [5, 5.41) is 24.1. The molecule has 0 aromatic heterocycles. The zero-order valence-electron chi connectivity index (χ0n) is 24.7. The smallest absolute Gasteiger partial charge is 0.150 e. The molecular formula is C34H30F2N8. The zero-order chi connectivity index (χ0) is 31.1. The number of halogens is 2. The van der Waals surface area contributed by atoms with Crippen molar-refractivity contribution in [2.75, 3.05) is 10.6 Å². The lowest BCUT2D eigenvalue weighted by molar-refractivity contribution is 0.628. The number of azo groups is 2. The van der Waals surface area contributed by atoms with Crippen LogP contribution in [0, 0.1) is 11.6 Å². The van der Waals surface area contributed by atoms with Gasteiger partial charge in [-0.15, -0.1) is 20.5 Å². The van der Waals surface area contributed by atoms with E-state index in [1.807, 2.05) is 76.2 Å². The van der Waals surface area contributed by atoms with Crippen LogP contribution in [0.1, 0.15) is 27.7 Å². The van der Waals surface area contributed by atoms with Crippen LogP contribution in [0.4, 0.5) is 42.9 Å². The topological polar surface area (TPSA) is 98.2 Å². The van der Waals surface area contributed by atoms with Crippen molar-refractivity contribution in [3.05, 3.63) is 131 Å². The molecule has 0 spiro atoms. The molecule has 0 saturated carbocycles. The van der Waals surface area contributed by atoms with Gasteiger partial charge in [0.25, 0.3) is 0 Å². The van der Waals surface area contributed by atoms with Gasteiger partial charge in [0, 0.05) is 11.4 Å². The molecule has 0 unspecified atom stereocenters. The normalized spacial score (nSPS) is 17.7. The van der Waals surface area contributed by atoms with Gasteiger partial charge in [0.05, 0.1) is 34.2 Å². The molecule has 1 heterocycles. The van der Waals surface area contributed by atoms with Crippen LogP contribution >= 0.6 is 0 Å². The number of allylic oxidation sites excluding steroid dienone is 4. The first-order valence-electron chi connectivity index (χ1n) is 13.9. The van der Waals surface area contributed by atoms with Gasteiger partial charge in [-0.25, -0.2) is 18.8 Å². The maximum atomic E-state index is 14.4. The number of para-hydroxylation sites is 4. The first kappa shape index (κ1) is 29.8. The van der Waals surface area contributed by atoms with E-state index in [4.69, 9.17) is 9.98 Å². The molecule has 4 aromatic carbocycles. The highest BCUT2D eigenvalue weighted by Gasteiger charge is 2.15. The molecule has 220 valence electrons. The summed E-state index contributed by atoms with van der Waals surface area (Å²) in [6.45, 7) is 7.31. The van der Waals surface area contributed by atoms with E-state index < -0.39 is 11.6 Å². The Morgan fingerprint density at radius 2 is 0.841 bits per heavy atom. The van der Waals surface area contributed by atoms with Crippen molar-refractivity contribution in [1.29, 1.82) is 0 Å². The average molecular weight is 589 g/mol. The molecule has 0 bridgehead atoms. The predicted octanol–water partition coefficient (Wildman–Crippen LogP) is 10.7. The van der Waals surface area contributed by atoms with Gasteiger partial charge in [0.1, 0.15) is 22.8 Å². The Bertz CT molecular complexity index is 1750. The van der Waals surface area contributed by atoms with Crippen molar-refractivity contribution in [3.63, 3.8) is 0 Å². The van der Waals surface area contributed by atoms with E-state index in [0.717, 1.165) is 0 Å². The van der Waals surface area contributed by atoms with E-state index in [-0.39, 0.29) is 11.4 Å². The van der Waals surface area contributed by atoms with E-state index in [0.29, 0.717) is 57.0 Å². The predicted molar refractivity (Wildman–Crippen MR) is 173 cm³/mol. The third-order valence-electron chi connectivity index (χ3n) is 6.64. The lowest BCUT2D eigenvalue weighted by Crippen LogP contribution is -2.08. The van der Waals surface area contributed by atoms with Crippen LogP contribution in [0.2, 0.25) is 0 Å².